The lowest BCUT2D eigenvalue weighted by atomic mass is 10.1. The maximum Gasteiger partial charge on any atom is 0.241 e. The number of halogens is 1. The van der Waals surface area contributed by atoms with Gasteiger partial charge in [0, 0.05) is 48.2 Å². The Balaban J connectivity index is 1.18. The second-order valence-electron chi connectivity index (χ2n) is 8.40. The van der Waals surface area contributed by atoms with E-state index in [0.29, 0.717) is 17.0 Å². The van der Waals surface area contributed by atoms with Crippen LogP contribution in [0.3, 0.4) is 0 Å². The normalized spacial score (nSPS) is 17.6. The molecule has 9 heteroatoms. The molecule has 3 heterocycles. The first-order valence-corrected chi connectivity index (χ1v) is 12.2. The number of rotatable bonds is 7. The van der Waals surface area contributed by atoms with Gasteiger partial charge in [0.25, 0.3) is 0 Å². The van der Waals surface area contributed by atoms with Crippen LogP contribution in [-0.2, 0) is 23.5 Å². The van der Waals surface area contributed by atoms with Crippen molar-refractivity contribution in [1.29, 1.82) is 0 Å². The predicted molar refractivity (Wildman–Crippen MR) is 120 cm³/mol. The number of sulfonamides is 1. The number of nitrogens with zero attached hydrogens (tertiary/aromatic N) is 3. The quantitative estimate of drug-likeness (QED) is 0.461. The minimum absolute atomic E-state index is 0.116. The lowest BCUT2D eigenvalue weighted by Gasteiger charge is -2.17. The zero-order chi connectivity index (χ0) is 22.3. The molecule has 2 aromatic heterocycles. The van der Waals surface area contributed by atoms with Crippen molar-refractivity contribution in [1.82, 2.24) is 19.3 Å². The second kappa shape index (κ2) is 8.31. The highest BCUT2D eigenvalue weighted by Gasteiger charge is 2.28. The Labute approximate surface area is 185 Å². The van der Waals surface area contributed by atoms with Crippen LogP contribution in [0.5, 0.6) is 0 Å². The summed E-state index contributed by atoms with van der Waals surface area (Å²) >= 11 is 0. The third-order valence-corrected chi connectivity index (χ3v) is 7.75. The van der Waals surface area contributed by atoms with Crippen LogP contribution < -0.4 is 4.72 Å². The summed E-state index contributed by atoms with van der Waals surface area (Å²) in [5.74, 6) is -0.339. The molecule has 1 aliphatic rings. The minimum Gasteiger partial charge on any atom is -0.356 e. The molecule has 1 fully saturated rings. The number of benzene rings is 2. The average Bonchev–Trinajstić information content (AvgIpc) is 3.47. The second-order valence-corrected chi connectivity index (χ2v) is 10.1. The van der Waals surface area contributed by atoms with Crippen molar-refractivity contribution in [2.24, 2.45) is 7.05 Å². The third kappa shape index (κ3) is 4.03. The Morgan fingerprint density at radius 1 is 1.22 bits per heavy atom. The molecule has 0 aliphatic carbocycles. The van der Waals surface area contributed by atoms with Gasteiger partial charge in [-0.05, 0) is 62.7 Å². The van der Waals surface area contributed by atoms with Crippen molar-refractivity contribution < 1.29 is 17.3 Å². The zero-order valence-electron chi connectivity index (χ0n) is 17.8. The topological polar surface area (TPSA) is 80.4 Å². The molecule has 2 aromatic carbocycles. The van der Waals surface area contributed by atoms with E-state index in [1.807, 2.05) is 29.9 Å². The first kappa shape index (κ1) is 21.1. The largest absolute Gasteiger partial charge is 0.356 e. The highest BCUT2D eigenvalue weighted by atomic mass is 32.2. The third-order valence-electron chi connectivity index (χ3n) is 6.17. The van der Waals surface area contributed by atoms with Crippen LogP contribution in [0, 0.1) is 5.82 Å². The van der Waals surface area contributed by atoms with Crippen molar-refractivity contribution in [3.63, 3.8) is 0 Å². The molecule has 1 atom stereocenters. The van der Waals surface area contributed by atoms with Gasteiger partial charge in [-0.1, -0.05) is 11.2 Å². The van der Waals surface area contributed by atoms with Crippen LogP contribution >= 0.6 is 0 Å². The summed E-state index contributed by atoms with van der Waals surface area (Å²) in [5, 5.41) is 5.65. The molecular formula is C23H25FN4O3S. The van der Waals surface area contributed by atoms with Crippen molar-refractivity contribution in [2.45, 2.75) is 30.2 Å². The molecule has 4 aromatic rings. The predicted octanol–water partition coefficient (Wildman–Crippen LogP) is 3.44. The van der Waals surface area contributed by atoms with Crippen LogP contribution in [-0.4, -0.2) is 48.7 Å². The summed E-state index contributed by atoms with van der Waals surface area (Å²) in [6, 6.07) is 11.5. The van der Waals surface area contributed by atoms with Gasteiger partial charge in [-0.15, -0.1) is 0 Å². The first-order chi connectivity index (χ1) is 15.4. The van der Waals surface area contributed by atoms with Crippen molar-refractivity contribution in [2.75, 3.05) is 19.6 Å². The molecular weight excluding hydrogens is 431 g/mol. The Morgan fingerprint density at radius 2 is 2.09 bits per heavy atom. The molecule has 1 aliphatic heterocycles. The Kier molecular flexibility index (Phi) is 5.48. The smallest absolute Gasteiger partial charge is 0.241 e. The highest BCUT2D eigenvalue weighted by Crippen LogP contribution is 2.25. The summed E-state index contributed by atoms with van der Waals surface area (Å²) in [5.41, 5.74) is 2.18. The molecule has 0 saturated carbocycles. The van der Waals surface area contributed by atoms with Gasteiger partial charge in [-0.25, -0.2) is 17.5 Å². The molecule has 5 rings (SSSR count). The fraction of sp³-hybridized carbons (Fsp3) is 0.348. The molecule has 1 unspecified atom stereocenters. The van der Waals surface area contributed by atoms with Gasteiger partial charge >= 0.3 is 0 Å². The molecule has 168 valence electrons. The summed E-state index contributed by atoms with van der Waals surface area (Å²) in [4.78, 5) is 2.58. The molecule has 0 spiro atoms. The number of hydrogen-bond donors (Lipinski definition) is 1. The van der Waals surface area contributed by atoms with E-state index < -0.39 is 10.0 Å². The van der Waals surface area contributed by atoms with Crippen LogP contribution in [0.2, 0.25) is 0 Å². The lowest BCUT2D eigenvalue weighted by Crippen LogP contribution is -2.37. The van der Waals surface area contributed by atoms with E-state index in [1.54, 1.807) is 18.2 Å². The molecule has 32 heavy (non-hydrogen) atoms. The molecule has 1 saturated heterocycles. The number of hydrogen-bond acceptors (Lipinski definition) is 5. The van der Waals surface area contributed by atoms with Crippen LogP contribution in [0.4, 0.5) is 4.39 Å². The molecule has 1 N–H and O–H groups in total. The Hall–Kier alpha value is -2.75. The standard InChI is InChI=1S/C23H25FN4O3S/c1-27-12-10-19-21(27)5-2-6-23(19)32(29,30)26-17-9-13-28(15-17)11-3-4-20-18-8-7-16(24)14-22(18)31-25-20/h2,5-8,10,12,14,17,26H,3-4,9,11,13,15H2,1H3. The first-order valence-electron chi connectivity index (χ1n) is 10.7. The van der Waals surface area contributed by atoms with Gasteiger partial charge < -0.3 is 14.0 Å². The molecule has 0 radical (unpaired) electrons. The Morgan fingerprint density at radius 3 is 2.97 bits per heavy atom. The summed E-state index contributed by atoms with van der Waals surface area (Å²) in [7, 11) is -1.70. The van der Waals surface area contributed by atoms with Crippen molar-refractivity contribution >= 4 is 31.9 Å². The van der Waals surface area contributed by atoms with Gasteiger partial charge in [0.15, 0.2) is 5.58 Å². The van der Waals surface area contributed by atoms with E-state index in [9.17, 15) is 12.8 Å². The summed E-state index contributed by atoms with van der Waals surface area (Å²) in [6.45, 7) is 2.35. The zero-order valence-corrected chi connectivity index (χ0v) is 18.6. The van der Waals surface area contributed by atoms with Gasteiger partial charge in [0.2, 0.25) is 10.0 Å². The fourth-order valence-electron chi connectivity index (χ4n) is 4.54. The number of likely N-dealkylation sites (tertiary alicyclic amines) is 1. The van der Waals surface area contributed by atoms with E-state index in [-0.39, 0.29) is 11.9 Å². The van der Waals surface area contributed by atoms with Gasteiger partial charge in [-0.3, -0.25) is 0 Å². The van der Waals surface area contributed by atoms with Gasteiger partial charge in [0.05, 0.1) is 10.6 Å². The molecule has 0 amide bonds. The number of nitrogens with one attached hydrogen (secondary N) is 1. The van der Waals surface area contributed by atoms with E-state index in [0.717, 1.165) is 54.3 Å². The van der Waals surface area contributed by atoms with E-state index in [1.165, 1.54) is 12.1 Å². The fourth-order valence-corrected chi connectivity index (χ4v) is 6.02. The monoisotopic (exact) mass is 456 g/mol. The van der Waals surface area contributed by atoms with Crippen LogP contribution in [0.15, 0.2) is 58.1 Å². The highest BCUT2D eigenvalue weighted by molar-refractivity contribution is 7.89. The van der Waals surface area contributed by atoms with Crippen molar-refractivity contribution in [3.8, 4) is 0 Å². The number of aryl methyl sites for hydroxylation is 2. The van der Waals surface area contributed by atoms with Crippen LogP contribution in [0.25, 0.3) is 21.9 Å². The number of aromatic nitrogens is 2. The van der Waals surface area contributed by atoms with Gasteiger partial charge in [-0.2, -0.15) is 0 Å². The van der Waals surface area contributed by atoms with Gasteiger partial charge in [0.1, 0.15) is 5.82 Å². The minimum atomic E-state index is -3.61. The summed E-state index contributed by atoms with van der Waals surface area (Å²) < 4.78 is 49.4. The maximum absolute atomic E-state index is 13.3. The maximum atomic E-state index is 13.3. The molecule has 7 nitrogen and oxygen atoms in total. The average molecular weight is 457 g/mol. The number of fused-ring (bicyclic) bond motifs is 2. The lowest BCUT2D eigenvalue weighted by molar-refractivity contribution is 0.326. The van der Waals surface area contributed by atoms with Crippen molar-refractivity contribution in [3.05, 3.63) is 60.2 Å². The SMILES string of the molecule is Cn1ccc2c(S(=O)(=O)NC3CCN(CCCc4noc5cc(F)ccc45)C3)cccc21. The molecule has 0 bridgehead atoms. The van der Waals surface area contributed by atoms with E-state index >= 15 is 0 Å². The van der Waals surface area contributed by atoms with Crippen LogP contribution in [0.1, 0.15) is 18.5 Å². The summed E-state index contributed by atoms with van der Waals surface area (Å²) in [6.07, 6.45) is 4.23. The van der Waals surface area contributed by atoms with E-state index in [4.69, 9.17) is 4.52 Å². The van der Waals surface area contributed by atoms with E-state index in [2.05, 4.69) is 14.8 Å². The Bertz CT molecular complexity index is 1380.